The molecule has 0 atom stereocenters. The Bertz CT molecular complexity index is 9010. The van der Waals surface area contributed by atoms with Crippen molar-refractivity contribution in [1.82, 2.24) is 0 Å². The van der Waals surface area contributed by atoms with Gasteiger partial charge >= 0.3 is 18.9 Å². The first-order valence-electron chi connectivity index (χ1n) is 50.1. The fourth-order valence-electron chi connectivity index (χ4n) is 20.9. The van der Waals surface area contributed by atoms with Crippen LogP contribution in [0.3, 0.4) is 0 Å². The third kappa shape index (κ3) is 19.5. The quantitative estimate of drug-likeness (QED) is 0.0394. The minimum atomic E-state index is -0.0739. The van der Waals surface area contributed by atoms with Gasteiger partial charge in [0.2, 0.25) is 5.52 Å². The summed E-state index contributed by atoms with van der Waals surface area (Å²) in [6.45, 7) is 9.03. The minimum absolute atomic E-state index is 0. The van der Waals surface area contributed by atoms with Gasteiger partial charge in [0.1, 0.15) is 0 Å². The van der Waals surface area contributed by atoms with Crippen LogP contribution in [0.1, 0.15) is 58.4 Å². The van der Waals surface area contributed by atoms with Crippen molar-refractivity contribution in [3.8, 4) is 28.0 Å². The first kappa shape index (κ1) is 93.8. The number of para-hydroxylation sites is 3. The van der Waals surface area contributed by atoms with Crippen LogP contribution in [0.4, 0.5) is 68.2 Å². The summed E-state index contributed by atoms with van der Waals surface area (Å²) < 4.78 is 0. The van der Waals surface area contributed by atoms with Gasteiger partial charge in [-0.3, -0.25) is 0 Å². The molecule has 7 heteroatoms. The molecule has 0 aliphatic heterocycles. The molecule has 24 aromatic carbocycles. The maximum absolute atomic E-state index is 11.1. The van der Waals surface area contributed by atoms with E-state index in [2.05, 4.69) is 568 Å². The molecule has 0 spiro atoms. The molecule has 147 heavy (non-hydrogen) atoms. The summed E-state index contributed by atoms with van der Waals surface area (Å²) >= 11 is 0. The molecule has 26 rings (SSSR count). The molecule has 25 aromatic rings. The van der Waals surface area contributed by atoms with E-state index < -0.39 is 0 Å². The van der Waals surface area contributed by atoms with Crippen LogP contribution in [0.25, 0.3) is 144 Å². The monoisotopic (exact) mass is 1880 g/mol. The van der Waals surface area contributed by atoms with Crippen molar-refractivity contribution < 1.29 is 29.0 Å². The number of aryl methyl sites for hydroxylation is 2. The van der Waals surface area contributed by atoms with Crippen molar-refractivity contribution in [2.75, 3.05) is 19.6 Å². The number of benzene rings is 24. The Hall–Kier alpha value is -18.2. The van der Waals surface area contributed by atoms with Gasteiger partial charge in [-0.25, -0.2) is 4.98 Å². The summed E-state index contributed by atoms with van der Waals surface area (Å²) in [6.07, 6.45) is 10.5. The van der Waals surface area contributed by atoms with Gasteiger partial charge in [0.25, 0.3) is 0 Å². The largest absolute Gasteiger partial charge is 1.00 e. The molecule has 0 amide bonds. The molecule has 1 aliphatic carbocycles. The molecule has 1 aromatic heterocycles. The number of aromatic nitrogens is 1. The third-order valence-corrected chi connectivity index (χ3v) is 28.6. The summed E-state index contributed by atoms with van der Waals surface area (Å²) in [6, 6.07) is 189. The van der Waals surface area contributed by atoms with Crippen LogP contribution in [-0.2, 0) is 5.41 Å². The summed E-state index contributed by atoms with van der Waals surface area (Å²) in [5.74, 6) is 0.0445. The maximum Gasteiger partial charge on any atom is 1.00 e. The van der Waals surface area contributed by atoms with E-state index in [9.17, 15) is 5.11 Å². The molecule has 0 saturated carbocycles. The fraction of sp³-hybridized carbons (Fsp3) is 0.0357. The third-order valence-electron chi connectivity index (χ3n) is 28.6. The van der Waals surface area contributed by atoms with Crippen LogP contribution in [0.15, 0.2) is 534 Å². The maximum atomic E-state index is 11.1. The molecule has 1 aliphatic rings. The van der Waals surface area contributed by atoms with E-state index in [1.54, 1.807) is 18.3 Å². The van der Waals surface area contributed by atoms with Gasteiger partial charge in [0.05, 0.1) is 11.4 Å². The predicted molar refractivity (Wildman–Crippen MR) is 621 cm³/mol. The number of fused-ring (bicyclic) bond motifs is 14. The molecule has 0 saturated heterocycles. The van der Waals surface area contributed by atoms with Gasteiger partial charge in [-0.05, 0) is 319 Å². The smallest absolute Gasteiger partial charge is 0.868 e. The second-order valence-corrected chi connectivity index (χ2v) is 38.1. The number of nitrogens with zero attached hydrogens (tertiary/aromatic N) is 4. The van der Waals surface area contributed by atoms with Crippen LogP contribution < -0.4 is 48.6 Å². The van der Waals surface area contributed by atoms with Crippen molar-refractivity contribution in [1.29, 1.82) is 0 Å². The number of nitrogens with one attached hydrogen (secondary N) is 1. The van der Waals surface area contributed by atoms with Gasteiger partial charge in [0.15, 0.2) is 6.20 Å². The van der Waals surface area contributed by atoms with Gasteiger partial charge in [0, 0.05) is 84.5 Å². The van der Waals surface area contributed by atoms with Gasteiger partial charge in [-0.15, -0.1) is 0 Å². The van der Waals surface area contributed by atoms with Crippen molar-refractivity contribution in [3.05, 3.63) is 578 Å². The van der Waals surface area contributed by atoms with Crippen LogP contribution >= 0.6 is 0 Å². The van der Waals surface area contributed by atoms with Gasteiger partial charge in [-0.2, -0.15) is 0 Å². The number of rotatable bonds is 17. The Balaban J connectivity index is 0.000000118. The standard InChI is InChI=1S/C44H32N2.C44H35N.C43H31N.C9H7NO.Li/c1-3-17-37(18-4-1)45(43-23-11-15-35-13-7-9-21-41(35)43)39-29-25-33(26-30-39)34-27-31-40(32-28-34)46(38-19-5-2-6-20-38)44-24-12-16-36-14-8-10-22-42(36)44;1-32-12-13-37(30-33(32)2)17-16-36-20-27-41(28-21-36)45(40-25-18-35(19-26-40)15-14-34-8-4-3-5-9-34)42-29-24-39-23-22-38-10-6-7-11-43(38)44(39)31-42;1-43(2)41-14-8-7-13-38(41)39-22-21-36(27-42(39)43)44(34-20-18-32-23-30-10-3-4-11-31(30)24-33(32)25-34)35-19-17-29-16-15-28-9-5-6-12-37(28)40(29)26-35;11-8-5-1-3-7-4-2-6-10-9(7)8;/h1-32H;3-31H,1-2H3;3-27H,1-2H3;1-6,11H;/q;;;;+1/b;15-14+,17-16+;;;. The summed E-state index contributed by atoms with van der Waals surface area (Å²) in [7, 11) is 0. The van der Waals surface area contributed by atoms with Crippen molar-refractivity contribution in [3.63, 3.8) is 0 Å². The average molecular weight is 1880 g/mol. The summed E-state index contributed by atoms with van der Waals surface area (Å²) in [5.41, 5.74) is 29.5. The van der Waals surface area contributed by atoms with E-state index in [1.807, 2.05) is 24.3 Å². The number of H-pyrrole nitrogens is 1. The van der Waals surface area contributed by atoms with Gasteiger partial charge in [-0.1, -0.05) is 402 Å². The molecule has 1 N–H and O–H groups in total. The van der Waals surface area contributed by atoms with E-state index >= 15 is 0 Å². The first-order valence-corrected chi connectivity index (χ1v) is 50.1. The summed E-state index contributed by atoms with van der Waals surface area (Å²) in [4.78, 5) is 12.4. The SMILES string of the molecule is CC1(C)c2ccccc2-c2ccc(N(c3ccc4cc5ccccc5cc4c3)c3ccc4ccc5ccccc5c4c3)cc21.Cc1ccc(/C=C/c2ccc(N(c3ccc(/C=C/c4ccccc4)cc3)c3ccc4ccc5ccccc5c4c3)cc2)cc1C.[Li+].[O-]c1cccc2ccc[nH+]c12.c1ccc(N(c2ccc(-c3ccc(N(c4ccccc4)c4cccc5ccccc45)cc3)cc2)c2cccc3ccccc23)cc1. The number of pyridine rings is 1. The normalized spacial score (nSPS) is 11.8. The molecular weight excluding hydrogens is 1770 g/mol. The number of anilines is 12. The van der Waals surface area contributed by atoms with E-state index in [4.69, 9.17) is 0 Å². The van der Waals surface area contributed by atoms with Crippen LogP contribution in [0.5, 0.6) is 5.75 Å². The molecule has 6 nitrogen and oxygen atoms in total. The fourth-order valence-corrected chi connectivity index (χ4v) is 20.9. The topological polar surface area (TPSA) is 50.2 Å². The molecule has 1 heterocycles. The predicted octanol–water partition coefficient (Wildman–Crippen LogP) is 34.8. The average Bonchev–Trinajstić information content (AvgIpc) is 1.57. The molecule has 0 fully saturated rings. The Morgan fingerprint density at radius 2 is 0.544 bits per heavy atom. The molecule has 696 valence electrons. The van der Waals surface area contributed by atoms with Gasteiger partial charge < -0.3 is 24.7 Å². The summed E-state index contributed by atoms with van der Waals surface area (Å²) in [5, 5.41) is 32.1. The Morgan fingerprint density at radius 1 is 0.211 bits per heavy atom. The molecular formula is C140H105LiN5O+. The zero-order valence-corrected chi connectivity index (χ0v) is 82.8. The van der Waals surface area contributed by atoms with E-state index in [-0.39, 0.29) is 30.0 Å². The Kier molecular flexibility index (Phi) is 26.7. The van der Waals surface area contributed by atoms with Crippen molar-refractivity contribution >= 4 is 190 Å². The Morgan fingerprint density at radius 3 is 1.06 bits per heavy atom. The second kappa shape index (κ2) is 41.8. The zero-order chi connectivity index (χ0) is 98.4. The zero-order valence-electron chi connectivity index (χ0n) is 82.8. The second-order valence-electron chi connectivity index (χ2n) is 38.1. The van der Waals surface area contributed by atoms with Crippen molar-refractivity contribution in [2.24, 2.45) is 0 Å². The van der Waals surface area contributed by atoms with Crippen LogP contribution in [0, 0.1) is 13.8 Å². The number of hydrogen-bond donors (Lipinski definition) is 0. The molecule has 0 radical (unpaired) electrons. The van der Waals surface area contributed by atoms with E-state index in [1.165, 1.54) is 159 Å². The van der Waals surface area contributed by atoms with Crippen molar-refractivity contribution in [2.45, 2.75) is 33.1 Å². The first-order chi connectivity index (χ1) is 71.9. The van der Waals surface area contributed by atoms with E-state index in [0.29, 0.717) is 5.52 Å². The number of aromatic amines is 1. The van der Waals surface area contributed by atoms with Crippen LogP contribution in [-0.4, -0.2) is 0 Å². The molecule has 0 bridgehead atoms. The van der Waals surface area contributed by atoms with E-state index in [0.717, 1.165) is 67.9 Å². The Labute approximate surface area is 871 Å². The van der Waals surface area contributed by atoms with Crippen LogP contribution in [0.2, 0.25) is 0 Å². The number of hydrogen-bond acceptors (Lipinski definition) is 5. The molecule has 0 unspecified atom stereocenters. The minimum Gasteiger partial charge on any atom is -0.868 e.